The van der Waals surface area contributed by atoms with E-state index in [4.69, 9.17) is 16.6 Å². The maximum absolute atomic E-state index is 5.99. The Balaban J connectivity index is 1.51. The highest BCUT2D eigenvalue weighted by Gasteiger charge is 2.26. The van der Waals surface area contributed by atoms with Crippen molar-refractivity contribution in [1.82, 2.24) is 24.2 Å². The second-order valence-electron chi connectivity index (χ2n) is 6.81. The molecule has 1 atom stereocenters. The van der Waals surface area contributed by atoms with Gasteiger partial charge in [-0.2, -0.15) is 5.10 Å². The smallest absolute Gasteiger partial charge is 0.199 e. The van der Waals surface area contributed by atoms with E-state index in [0.29, 0.717) is 19.1 Å². The first-order valence-electron chi connectivity index (χ1n) is 8.98. The molecule has 6 nitrogen and oxygen atoms in total. The van der Waals surface area contributed by atoms with Crippen LogP contribution in [0.4, 0.5) is 0 Å². The number of likely N-dealkylation sites (tertiary alicyclic amines) is 1. The second-order valence-corrected chi connectivity index (χ2v) is 7.17. The Kier molecular flexibility index (Phi) is 4.74. The summed E-state index contributed by atoms with van der Waals surface area (Å²) in [6.07, 6.45) is 4.06. The van der Waals surface area contributed by atoms with Gasteiger partial charge in [-0.15, -0.1) is 6.58 Å². The number of rotatable bonds is 5. The molecule has 3 aromatic rings. The molecule has 26 heavy (non-hydrogen) atoms. The van der Waals surface area contributed by atoms with Crippen molar-refractivity contribution in [2.45, 2.75) is 38.9 Å². The van der Waals surface area contributed by atoms with E-state index in [9.17, 15) is 0 Å². The third kappa shape index (κ3) is 3.24. The van der Waals surface area contributed by atoms with Crippen LogP contribution in [-0.4, -0.2) is 37.3 Å². The minimum Gasteiger partial charge on any atom is -0.440 e. The molecule has 1 aliphatic rings. The number of fused-ring (bicyclic) bond motifs is 1. The van der Waals surface area contributed by atoms with Gasteiger partial charge < -0.3 is 8.98 Å². The molecule has 7 heteroatoms. The van der Waals surface area contributed by atoms with Crippen molar-refractivity contribution in [1.29, 1.82) is 0 Å². The molecule has 1 saturated heterocycles. The van der Waals surface area contributed by atoms with Crippen LogP contribution in [0.1, 0.15) is 30.5 Å². The predicted octanol–water partition coefficient (Wildman–Crippen LogP) is 3.89. The average molecular weight is 369 g/mol. The lowest BCUT2D eigenvalue weighted by molar-refractivity contribution is 0.147. The fraction of sp³-hybridized carbons (Fsp3) is 0.421. The average Bonchev–Trinajstić information content (AvgIpc) is 3.19. The monoisotopic (exact) mass is 369 g/mol. The maximum atomic E-state index is 5.99. The molecule has 0 saturated carbocycles. The van der Waals surface area contributed by atoms with E-state index in [2.05, 4.69) is 21.6 Å². The Morgan fingerprint density at radius 1 is 1.38 bits per heavy atom. The highest BCUT2D eigenvalue weighted by molar-refractivity contribution is 7.71. The molecule has 0 bridgehead atoms. The van der Waals surface area contributed by atoms with Gasteiger partial charge in [0.2, 0.25) is 0 Å². The van der Waals surface area contributed by atoms with Crippen LogP contribution in [0.25, 0.3) is 11.1 Å². The van der Waals surface area contributed by atoms with Crippen LogP contribution in [-0.2, 0) is 13.2 Å². The first-order chi connectivity index (χ1) is 12.7. The number of nitrogens with zero attached hydrogens (tertiary/aromatic N) is 5. The normalized spacial score (nSPS) is 18.4. The van der Waals surface area contributed by atoms with Crippen LogP contribution >= 0.6 is 12.2 Å². The van der Waals surface area contributed by atoms with E-state index in [-0.39, 0.29) is 0 Å². The topological polar surface area (TPSA) is 52.0 Å². The van der Waals surface area contributed by atoms with Crippen LogP contribution in [0.5, 0.6) is 0 Å². The molecule has 0 N–H and O–H groups in total. The number of aromatic nitrogens is 4. The number of allylic oxidation sites excluding steroid dienone is 1. The fourth-order valence-electron chi connectivity index (χ4n) is 3.62. The molecule has 3 heterocycles. The number of oxazole rings is 1. The molecule has 136 valence electrons. The number of aryl methyl sites for hydroxylation is 1. The summed E-state index contributed by atoms with van der Waals surface area (Å²) >= 11 is 5.57. The number of piperidine rings is 1. The van der Waals surface area contributed by atoms with Crippen molar-refractivity contribution in [2.75, 3.05) is 13.1 Å². The zero-order chi connectivity index (χ0) is 18.1. The molecule has 1 aromatic carbocycles. The Morgan fingerprint density at radius 3 is 3.04 bits per heavy atom. The largest absolute Gasteiger partial charge is 0.440 e. The van der Waals surface area contributed by atoms with Gasteiger partial charge in [0, 0.05) is 19.0 Å². The highest BCUT2D eigenvalue weighted by Crippen LogP contribution is 2.29. The lowest BCUT2D eigenvalue weighted by Gasteiger charge is -2.30. The summed E-state index contributed by atoms with van der Waals surface area (Å²) in [7, 11) is 0. The van der Waals surface area contributed by atoms with Crippen LogP contribution in [0, 0.1) is 11.7 Å². The zero-order valence-corrected chi connectivity index (χ0v) is 15.8. The molecule has 0 radical (unpaired) electrons. The van der Waals surface area contributed by atoms with Crippen molar-refractivity contribution in [3.05, 3.63) is 53.4 Å². The number of para-hydroxylation sites is 2. The molecule has 1 unspecified atom stereocenters. The van der Waals surface area contributed by atoms with E-state index in [1.807, 2.05) is 46.5 Å². The zero-order valence-electron chi connectivity index (χ0n) is 15.0. The fourth-order valence-corrected chi connectivity index (χ4v) is 3.93. The summed E-state index contributed by atoms with van der Waals surface area (Å²) in [5.41, 5.74) is 1.79. The predicted molar refractivity (Wildman–Crippen MR) is 104 cm³/mol. The summed E-state index contributed by atoms with van der Waals surface area (Å²) in [4.78, 5) is 7.06. The number of benzene rings is 1. The van der Waals surface area contributed by atoms with E-state index in [1.165, 1.54) is 0 Å². The molecule has 1 aliphatic heterocycles. The van der Waals surface area contributed by atoms with Crippen LogP contribution in [0.15, 0.2) is 41.3 Å². The molecule has 1 fully saturated rings. The minimum absolute atomic E-state index is 0.307. The van der Waals surface area contributed by atoms with Gasteiger partial charge in [0.1, 0.15) is 11.3 Å². The molecule has 0 amide bonds. The Labute approximate surface area is 157 Å². The van der Waals surface area contributed by atoms with Gasteiger partial charge in [-0.05, 0) is 50.7 Å². The molecule has 2 aromatic heterocycles. The Bertz CT molecular complexity index is 952. The first kappa shape index (κ1) is 17.2. The van der Waals surface area contributed by atoms with Crippen molar-refractivity contribution >= 4 is 23.3 Å². The van der Waals surface area contributed by atoms with Crippen molar-refractivity contribution in [2.24, 2.45) is 0 Å². The van der Waals surface area contributed by atoms with E-state index >= 15 is 0 Å². The Hall–Kier alpha value is -2.25. The van der Waals surface area contributed by atoms with Gasteiger partial charge in [0.05, 0.1) is 6.67 Å². The third-order valence-electron chi connectivity index (χ3n) is 4.92. The first-order valence-corrected chi connectivity index (χ1v) is 9.39. The highest BCUT2D eigenvalue weighted by atomic mass is 32.1. The van der Waals surface area contributed by atoms with E-state index < -0.39 is 0 Å². The van der Waals surface area contributed by atoms with Gasteiger partial charge in [-0.1, -0.05) is 18.2 Å². The summed E-state index contributed by atoms with van der Waals surface area (Å²) in [5, 5.41) is 4.60. The van der Waals surface area contributed by atoms with Crippen LogP contribution in [0.2, 0.25) is 0 Å². The van der Waals surface area contributed by atoms with Crippen molar-refractivity contribution in [3.8, 4) is 0 Å². The number of hydrogen-bond acceptors (Lipinski definition) is 5. The van der Waals surface area contributed by atoms with Crippen LogP contribution in [0.3, 0.4) is 0 Å². The molecule has 0 aliphatic carbocycles. The van der Waals surface area contributed by atoms with Gasteiger partial charge >= 0.3 is 0 Å². The summed E-state index contributed by atoms with van der Waals surface area (Å²) < 4.78 is 10.6. The van der Waals surface area contributed by atoms with Gasteiger partial charge in [0.15, 0.2) is 16.2 Å². The lowest BCUT2D eigenvalue weighted by atomic mass is 9.98. The van der Waals surface area contributed by atoms with E-state index in [0.717, 1.165) is 53.5 Å². The lowest BCUT2D eigenvalue weighted by Crippen LogP contribution is -2.36. The summed E-state index contributed by atoms with van der Waals surface area (Å²) in [6.45, 7) is 9.10. The van der Waals surface area contributed by atoms with E-state index in [1.54, 1.807) is 0 Å². The summed E-state index contributed by atoms with van der Waals surface area (Å²) in [5.74, 6) is 2.07. The van der Waals surface area contributed by atoms with Gasteiger partial charge in [-0.25, -0.2) is 9.67 Å². The minimum atomic E-state index is 0.307. The molecule has 0 spiro atoms. The quantitative estimate of drug-likeness (QED) is 0.504. The molecular formula is C19H23N5OS. The maximum Gasteiger partial charge on any atom is 0.199 e. The SMILES string of the molecule is C=CCn1c(C)nn(CN2CCCC(c3nc4ccccc4o3)C2)c1=S. The molecule has 4 rings (SSSR count). The van der Waals surface area contributed by atoms with Crippen LogP contribution < -0.4 is 0 Å². The van der Waals surface area contributed by atoms with Gasteiger partial charge in [-0.3, -0.25) is 4.90 Å². The second kappa shape index (κ2) is 7.17. The standard InChI is InChI=1S/C19H23N5OS/c1-3-10-23-14(2)21-24(19(23)26)13-22-11-6-7-15(12-22)18-20-16-8-4-5-9-17(16)25-18/h3-5,8-9,15H,1,6-7,10-13H2,2H3. The van der Waals surface area contributed by atoms with Crippen molar-refractivity contribution < 1.29 is 4.42 Å². The Morgan fingerprint density at radius 2 is 2.23 bits per heavy atom. The van der Waals surface area contributed by atoms with Crippen molar-refractivity contribution in [3.63, 3.8) is 0 Å². The third-order valence-corrected chi connectivity index (χ3v) is 5.35. The van der Waals surface area contributed by atoms with Gasteiger partial charge in [0.25, 0.3) is 0 Å². The molecular weight excluding hydrogens is 346 g/mol. The number of hydrogen-bond donors (Lipinski definition) is 0. The summed E-state index contributed by atoms with van der Waals surface area (Å²) in [6, 6.07) is 7.94.